The van der Waals surface area contributed by atoms with Crippen molar-refractivity contribution in [1.82, 2.24) is 25.0 Å². The van der Waals surface area contributed by atoms with Crippen LogP contribution < -0.4 is 0 Å². The van der Waals surface area contributed by atoms with E-state index < -0.39 is 5.60 Å². The highest BCUT2D eigenvalue weighted by Gasteiger charge is 2.26. The molecule has 1 saturated heterocycles. The monoisotopic (exact) mass is 343 g/mol. The van der Waals surface area contributed by atoms with E-state index in [4.69, 9.17) is 4.74 Å². The first-order valence-electron chi connectivity index (χ1n) is 8.58. The molecule has 0 bridgehead atoms. The summed E-state index contributed by atoms with van der Waals surface area (Å²) in [6, 6.07) is 9.91. The molecule has 7 heteroatoms. The van der Waals surface area contributed by atoms with Crippen LogP contribution in [0, 0.1) is 0 Å². The lowest BCUT2D eigenvalue weighted by Gasteiger charge is -2.35. The van der Waals surface area contributed by atoms with Gasteiger partial charge < -0.3 is 9.64 Å². The largest absolute Gasteiger partial charge is 0.444 e. The maximum absolute atomic E-state index is 12.1. The Bertz CT molecular complexity index is 700. The van der Waals surface area contributed by atoms with Gasteiger partial charge in [-0.3, -0.25) is 10.00 Å². The van der Waals surface area contributed by atoms with Crippen LogP contribution in [0.4, 0.5) is 4.79 Å². The molecular weight excluding hydrogens is 318 g/mol. The third kappa shape index (κ3) is 4.79. The van der Waals surface area contributed by atoms with Crippen molar-refractivity contribution >= 4 is 6.09 Å². The minimum atomic E-state index is -0.456. The highest BCUT2D eigenvalue weighted by Crippen LogP contribution is 2.15. The normalized spacial score (nSPS) is 16.0. The number of nitrogens with one attached hydrogen (secondary N) is 1. The number of aromatic amines is 1. The lowest BCUT2D eigenvalue weighted by Crippen LogP contribution is -2.49. The molecule has 7 nitrogen and oxygen atoms in total. The Hall–Kier alpha value is -2.41. The van der Waals surface area contributed by atoms with E-state index in [1.807, 2.05) is 51.1 Å². The van der Waals surface area contributed by atoms with Gasteiger partial charge in [0.15, 0.2) is 5.82 Å². The first kappa shape index (κ1) is 17.4. The Labute approximate surface area is 148 Å². The van der Waals surface area contributed by atoms with Crippen LogP contribution in [0.1, 0.15) is 26.6 Å². The number of piperazine rings is 1. The zero-order valence-corrected chi connectivity index (χ0v) is 15.0. The van der Waals surface area contributed by atoms with Gasteiger partial charge in [0.05, 0.1) is 6.54 Å². The molecular formula is C18H25N5O2. The first-order chi connectivity index (χ1) is 11.9. The Morgan fingerprint density at radius 1 is 1.16 bits per heavy atom. The smallest absolute Gasteiger partial charge is 0.410 e. The van der Waals surface area contributed by atoms with Crippen molar-refractivity contribution in [1.29, 1.82) is 0 Å². The van der Waals surface area contributed by atoms with Gasteiger partial charge in [0.25, 0.3) is 0 Å². The topological polar surface area (TPSA) is 74.3 Å². The second-order valence-corrected chi connectivity index (χ2v) is 7.22. The van der Waals surface area contributed by atoms with E-state index >= 15 is 0 Å². The zero-order chi connectivity index (χ0) is 17.9. The average molecular weight is 343 g/mol. The predicted molar refractivity (Wildman–Crippen MR) is 94.9 cm³/mol. The number of carbonyl (C=O) groups is 1. The maximum atomic E-state index is 12.1. The molecule has 0 radical (unpaired) electrons. The molecule has 0 spiro atoms. The van der Waals surface area contributed by atoms with Gasteiger partial charge in [0.2, 0.25) is 0 Å². The highest BCUT2D eigenvalue weighted by molar-refractivity contribution is 5.68. The molecule has 25 heavy (non-hydrogen) atoms. The molecule has 1 aliphatic heterocycles. The fourth-order valence-electron chi connectivity index (χ4n) is 2.71. The maximum Gasteiger partial charge on any atom is 0.410 e. The Kier molecular flexibility index (Phi) is 5.03. The fraction of sp³-hybridized carbons (Fsp3) is 0.500. The number of ether oxygens (including phenoxy) is 1. The first-order valence-corrected chi connectivity index (χ1v) is 8.58. The number of H-pyrrole nitrogens is 1. The fourth-order valence-corrected chi connectivity index (χ4v) is 2.71. The number of hydrogen-bond acceptors (Lipinski definition) is 5. The van der Waals surface area contributed by atoms with Crippen molar-refractivity contribution in [3.8, 4) is 11.4 Å². The summed E-state index contributed by atoms with van der Waals surface area (Å²) in [5.41, 5.74) is 0.543. The van der Waals surface area contributed by atoms with Crippen LogP contribution in [-0.4, -0.2) is 62.9 Å². The Morgan fingerprint density at radius 2 is 1.84 bits per heavy atom. The highest BCUT2D eigenvalue weighted by atomic mass is 16.6. The van der Waals surface area contributed by atoms with Gasteiger partial charge in [-0.1, -0.05) is 30.3 Å². The molecule has 1 aromatic carbocycles. The van der Waals surface area contributed by atoms with Gasteiger partial charge in [-0.2, -0.15) is 5.10 Å². The van der Waals surface area contributed by atoms with Crippen molar-refractivity contribution in [3.63, 3.8) is 0 Å². The van der Waals surface area contributed by atoms with Crippen molar-refractivity contribution in [3.05, 3.63) is 36.2 Å². The number of hydrogen-bond donors (Lipinski definition) is 1. The van der Waals surface area contributed by atoms with E-state index in [0.717, 1.165) is 24.5 Å². The quantitative estimate of drug-likeness (QED) is 0.927. The summed E-state index contributed by atoms with van der Waals surface area (Å²) in [6.45, 7) is 9.26. The summed E-state index contributed by atoms with van der Waals surface area (Å²) in [5.74, 6) is 1.55. The van der Waals surface area contributed by atoms with Gasteiger partial charge >= 0.3 is 6.09 Å². The number of nitrogens with zero attached hydrogens (tertiary/aromatic N) is 4. The predicted octanol–water partition coefficient (Wildman–Crippen LogP) is 2.52. The van der Waals surface area contributed by atoms with E-state index in [0.29, 0.717) is 25.5 Å². The standard InChI is InChI=1S/C18H25N5O2/c1-18(2,3)25-17(24)23-11-9-22(10-12-23)13-15-19-16(21-20-15)14-7-5-4-6-8-14/h4-8H,9-13H2,1-3H3,(H,19,20,21). The van der Waals surface area contributed by atoms with E-state index in [2.05, 4.69) is 20.1 Å². The molecule has 1 N–H and O–H groups in total. The number of rotatable bonds is 3. The van der Waals surface area contributed by atoms with Crippen LogP contribution in [0.5, 0.6) is 0 Å². The second kappa shape index (κ2) is 7.23. The van der Waals surface area contributed by atoms with Crippen LogP contribution in [0.15, 0.2) is 30.3 Å². The summed E-state index contributed by atoms with van der Waals surface area (Å²) in [4.78, 5) is 20.7. The van der Waals surface area contributed by atoms with Gasteiger partial charge in [0, 0.05) is 31.7 Å². The zero-order valence-electron chi connectivity index (χ0n) is 15.0. The molecule has 0 saturated carbocycles. The van der Waals surface area contributed by atoms with Crippen molar-refractivity contribution in [2.24, 2.45) is 0 Å². The van der Waals surface area contributed by atoms with E-state index in [1.54, 1.807) is 4.90 Å². The van der Waals surface area contributed by atoms with Crippen LogP contribution in [0.2, 0.25) is 0 Å². The molecule has 2 heterocycles. The average Bonchev–Trinajstić information content (AvgIpc) is 3.03. The van der Waals surface area contributed by atoms with Crippen LogP contribution >= 0.6 is 0 Å². The van der Waals surface area contributed by atoms with Gasteiger partial charge in [-0.05, 0) is 20.8 Å². The van der Waals surface area contributed by atoms with Crippen LogP contribution in [-0.2, 0) is 11.3 Å². The third-order valence-corrected chi connectivity index (χ3v) is 3.96. The summed E-state index contributed by atoms with van der Waals surface area (Å²) in [7, 11) is 0. The summed E-state index contributed by atoms with van der Waals surface area (Å²) in [5, 5.41) is 7.30. The van der Waals surface area contributed by atoms with Crippen molar-refractivity contribution < 1.29 is 9.53 Å². The minimum Gasteiger partial charge on any atom is -0.444 e. The number of benzene rings is 1. The molecule has 1 aromatic heterocycles. The lowest BCUT2D eigenvalue weighted by molar-refractivity contribution is 0.0137. The van der Waals surface area contributed by atoms with Crippen molar-refractivity contribution in [2.45, 2.75) is 32.9 Å². The minimum absolute atomic E-state index is 0.238. The molecule has 0 unspecified atom stereocenters. The van der Waals surface area contributed by atoms with E-state index in [9.17, 15) is 4.79 Å². The van der Waals surface area contributed by atoms with Gasteiger partial charge in [-0.25, -0.2) is 9.78 Å². The number of carbonyl (C=O) groups excluding carboxylic acids is 1. The molecule has 3 rings (SSSR count). The number of amides is 1. The van der Waals surface area contributed by atoms with E-state index in [-0.39, 0.29) is 6.09 Å². The van der Waals surface area contributed by atoms with Crippen molar-refractivity contribution in [2.75, 3.05) is 26.2 Å². The van der Waals surface area contributed by atoms with Gasteiger partial charge in [0.1, 0.15) is 11.4 Å². The second-order valence-electron chi connectivity index (χ2n) is 7.22. The summed E-state index contributed by atoms with van der Waals surface area (Å²) in [6.07, 6.45) is -0.238. The summed E-state index contributed by atoms with van der Waals surface area (Å²) >= 11 is 0. The lowest BCUT2D eigenvalue weighted by atomic mass is 10.2. The molecule has 1 aliphatic rings. The molecule has 0 aliphatic carbocycles. The Morgan fingerprint density at radius 3 is 2.48 bits per heavy atom. The molecule has 2 aromatic rings. The third-order valence-electron chi connectivity index (χ3n) is 3.96. The van der Waals surface area contributed by atoms with Crippen LogP contribution in [0.3, 0.4) is 0 Å². The SMILES string of the molecule is CC(C)(C)OC(=O)N1CCN(Cc2nc(-c3ccccc3)n[nH]2)CC1. The molecule has 1 amide bonds. The van der Waals surface area contributed by atoms with Gasteiger partial charge in [-0.15, -0.1) is 0 Å². The number of aromatic nitrogens is 3. The molecule has 1 fully saturated rings. The molecule has 134 valence electrons. The van der Waals surface area contributed by atoms with Crippen LogP contribution in [0.25, 0.3) is 11.4 Å². The Balaban J connectivity index is 1.51. The molecule has 0 atom stereocenters. The van der Waals surface area contributed by atoms with E-state index in [1.165, 1.54) is 0 Å². The summed E-state index contributed by atoms with van der Waals surface area (Å²) < 4.78 is 5.42.